The topological polar surface area (TPSA) is 62.8 Å². The number of pyridine rings is 2. The van der Waals surface area contributed by atoms with Gasteiger partial charge in [-0.3, -0.25) is 9.97 Å². The molecule has 0 radical (unpaired) electrons. The van der Waals surface area contributed by atoms with Gasteiger partial charge >= 0.3 is 0 Å². The van der Waals surface area contributed by atoms with Crippen LogP contribution in [0.1, 0.15) is 0 Å². The Kier molecular flexibility index (Phi) is 6.52. The number of hydrogen-bond donors (Lipinski definition) is 2. The molecular weight excluding hydrogens is 395 g/mol. The summed E-state index contributed by atoms with van der Waals surface area (Å²) in [5.41, 5.74) is 5.73. The van der Waals surface area contributed by atoms with Crippen LogP contribution < -0.4 is 10.1 Å². The van der Waals surface area contributed by atoms with E-state index < -0.39 is 0 Å². The van der Waals surface area contributed by atoms with Crippen molar-refractivity contribution in [2.45, 2.75) is 0 Å². The molecule has 0 aliphatic rings. The quantitative estimate of drug-likeness (QED) is 0.437. The molecule has 4 aromatic rings. The molecule has 0 unspecified atom stereocenters. The maximum atomic E-state index is 6.25. The maximum absolute atomic E-state index is 6.25. The smallest absolute Gasteiger partial charge is 0.146 e. The Labute approximate surface area is 174 Å². The van der Waals surface area contributed by atoms with E-state index in [1.54, 1.807) is 18.6 Å². The van der Waals surface area contributed by atoms with E-state index in [2.05, 4.69) is 20.3 Å². The van der Waals surface area contributed by atoms with Crippen LogP contribution in [0, 0.1) is 0 Å². The van der Waals surface area contributed by atoms with Crippen LogP contribution in [-0.2, 0) is 0 Å². The molecule has 0 spiro atoms. The lowest BCUT2D eigenvalue weighted by Gasteiger charge is -2.12. The van der Waals surface area contributed by atoms with Crippen molar-refractivity contribution >= 4 is 35.0 Å². The Hall–Kier alpha value is -2.60. The van der Waals surface area contributed by atoms with Gasteiger partial charge in [0, 0.05) is 35.1 Å². The van der Waals surface area contributed by atoms with E-state index in [1.807, 2.05) is 49.5 Å². The molecule has 0 bridgehead atoms. The first-order chi connectivity index (χ1) is 13.3. The summed E-state index contributed by atoms with van der Waals surface area (Å²) < 4.78 is 5.95. The Morgan fingerprint density at radius 3 is 2.86 bits per heavy atom. The summed E-state index contributed by atoms with van der Waals surface area (Å²) in [7, 11) is 1.90. The molecule has 0 atom stereocenters. The van der Waals surface area contributed by atoms with E-state index in [4.69, 9.17) is 16.3 Å². The third kappa shape index (κ3) is 3.97. The number of aromatic nitrogens is 3. The molecule has 4 rings (SSSR count). The van der Waals surface area contributed by atoms with Gasteiger partial charge in [0.1, 0.15) is 12.4 Å². The second-order valence-electron chi connectivity index (χ2n) is 6.11. The highest BCUT2D eigenvalue weighted by atomic mass is 35.5. The monoisotopic (exact) mass is 414 g/mol. The molecule has 144 valence electrons. The first kappa shape index (κ1) is 20.1. The number of aromatic amines is 1. The van der Waals surface area contributed by atoms with Crippen molar-refractivity contribution in [3.05, 3.63) is 66.1 Å². The highest BCUT2D eigenvalue weighted by Crippen LogP contribution is 2.40. The summed E-state index contributed by atoms with van der Waals surface area (Å²) in [6.45, 7) is 1.31. The molecule has 28 heavy (non-hydrogen) atoms. The van der Waals surface area contributed by atoms with Gasteiger partial charge in [-0.05, 0) is 42.9 Å². The Balaban J connectivity index is 0.00000225. The van der Waals surface area contributed by atoms with Crippen molar-refractivity contribution in [3.63, 3.8) is 0 Å². The summed E-state index contributed by atoms with van der Waals surface area (Å²) in [6.07, 6.45) is 5.30. The second kappa shape index (κ2) is 9.06. The van der Waals surface area contributed by atoms with Crippen molar-refractivity contribution in [1.82, 2.24) is 20.3 Å². The van der Waals surface area contributed by atoms with Crippen molar-refractivity contribution in [3.8, 4) is 28.1 Å². The number of H-pyrrole nitrogens is 1. The standard InChI is InChI=1S/C21H19ClN4O.ClH/c1-23-10-11-27-18-13-24-9-7-16(18)20-19(14-4-2-5-15(22)12-14)21-17(26-20)6-3-8-25-21;/h2-9,12-13,23,26H,10-11H2,1H3;1H. The normalized spacial score (nSPS) is 10.6. The molecule has 7 heteroatoms. The molecule has 0 amide bonds. The van der Waals surface area contributed by atoms with Gasteiger partial charge in [-0.15, -0.1) is 12.4 Å². The summed E-state index contributed by atoms with van der Waals surface area (Å²) in [5.74, 6) is 0.725. The van der Waals surface area contributed by atoms with E-state index in [-0.39, 0.29) is 12.4 Å². The molecular formula is C21H20Cl2N4O. The van der Waals surface area contributed by atoms with E-state index in [0.29, 0.717) is 11.6 Å². The molecule has 0 fully saturated rings. The fourth-order valence-corrected chi connectivity index (χ4v) is 3.30. The van der Waals surface area contributed by atoms with E-state index in [9.17, 15) is 0 Å². The number of nitrogens with zero attached hydrogens (tertiary/aromatic N) is 2. The lowest BCUT2D eigenvalue weighted by Crippen LogP contribution is -2.16. The summed E-state index contributed by atoms with van der Waals surface area (Å²) in [4.78, 5) is 12.3. The lowest BCUT2D eigenvalue weighted by molar-refractivity contribution is 0.318. The highest BCUT2D eigenvalue weighted by Gasteiger charge is 2.19. The molecule has 0 aliphatic heterocycles. The zero-order valence-electron chi connectivity index (χ0n) is 15.3. The molecule has 0 aliphatic carbocycles. The Morgan fingerprint density at radius 2 is 2.04 bits per heavy atom. The average molecular weight is 415 g/mol. The molecule has 5 nitrogen and oxygen atoms in total. The minimum Gasteiger partial charge on any atom is -0.490 e. The molecule has 1 aromatic carbocycles. The van der Waals surface area contributed by atoms with Crippen LogP contribution >= 0.6 is 24.0 Å². The van der Waals surface area contributed by atoms with Crippen LogP contribution in [0.25, 0.3) is 33.4 Å². The number of benzene rings is 1. The van der Waals surface area contributed by atoms with Crippen LogP contribution in [0.5, 0.6) is 5.75 Å². The fraction of sp³-hybridized carbons (Fsp3) is 0.143. The van der Waals surface area contributed by atoms with Gasteiger partial charge in [-0.2, -0.15) is 0 Å². The van der Waals surface area contributed by atoms with Crippen LogP contribution in [0.3, 0.4) is 0 Å². The van der Waals surface area contributed by atoms with E-state index in [0.717, 1.165) is 45.7 Å². The SMILES string of the molecule is CNCCOc1cnccc1-c1[nH]c2cccnc2c1-c1cccc(Cl)c1.Cl. The third-order valence-electron chi connectivity index (χ3n) is 4.33. The number of fused-ring (bicyclic) bond motifs is 1. The van der Waals surface area contributed by atoms with Gasteiger partial charge < -0.3 is 15.0 Å². The number of hydrogen-bond acceptors (Lipinski definition) is 4. The van der Waals surface area contributed by atoms with Crippen molar-refractivity contribution in [1.29, 1.82) is 0 Å². The van der Waals surface area contributed by atoms with Crippen LogP contribution in [0.2, 0.25) is 5.02 Å². The number of rotatable bonds is 6. The van der Waals surface area contributed by atoms with Crippen LogP contribution in [0.4, 0.5) is 0 Å². The van der Waals surface area contributed by atoms with Crippen molar-refractivity contribution in [2.24, 2.45) is 0 Å². The first-order valence-electron chi connectivity index (χ1n) is 8.72. The second-order valence-corrected chi connectivity index (χ2v) is 6.55. The first-order valence-corrected chi connectivity index (χ1v) is 9.10. The minimum absolute atomic E-state index is 0. The molecule has 0 saturated carbocycles. The van der Waals surface area contributed by atoms with Gasteiger partial charge in [-0.25, -0.2) is 0 Å². The van der Waals surface area contributed by atoms with Crippen LogP contribution in [-0.4, -0.2) is 35.2 Å². The average Bonchev–Trinajstić information content (AvgIpc) is 3.08. The Bertz CT molecular complexity index is 1080. The number of nitrogens with one attached hydrogen (secondary N) is 2. The van der Waals surface area contributed by atoms with Gasteiger partial charge in [0.15, 0.2) is 0 Å². The maximum Gasteiger partial charge on any atom is 0.146 e. The largest absolute Gasteiger partial charge is 0.490 e. The predicted molar refractivity (Wildman–Crippen MR) is 116 cm³/mol. The number of likely N-dealkylation sites (N-methyl/N-ethyl adjacent to an activating group) is 1. The summed E-state index contributed by atoms with van der Waals surface area (Å²) in [5, 5.41) is 3.77. The van der Waals surface area contributed by atoms with Gasteiger partial charge in [-0.1, -0.05) is 23.7 Å². The zero-order chi connectivity index (χ0) is 18.6. The number of ether oxygens (including phenoxy) is 1. The summed E-state index contributed by atoms with van der Waals surface area (Å²) in [6, 6.07) is 13.7. The molecule has 3 heterocycles. The predicted octanol–water partition coefficient (Wildman–Crippen LogP) is 4.97. The lowest BCUT2D eigenvalue weighted by atomic mass is 10.0. The van der Waals surface area contributed by atoms with Crippen molar-refractivity contribution < 1.29 is 4.74 Å². The van der Waals surface area contributed by atoms with Crippen LogP contribution in [0.15, 0.2) is 61.1 Å². The van der Waals surface area contributed by atoms with E-state index >= 15 is 0 Å². The summed E-state index contributed by atoms with van der Waals surface area (Å²) >= 11 is 6.25. The van der Waals surface area contributed by atoms with E-state index in [1.165, 1.54) is 0 Å². The van der Waals surface area contributed by atoms with Crippen molar-refractivity contribution in [2.75, 3.05) is 20.2 Å². The fourth-order valence-electron chi connectivity index (χ4n) is 3.11. The minimum atomic E-state index is 0. The highest BCUT2D eigenvalue weighted by molar-refractivity contribution is 6.31. The van der Waals surface area contributed by atoms with Gasteiger partial charge in [0.2, 0.25) is 0 Å². The third-order valence-corrected chi connectivity index (χ3v) is 4.57. The zero-order valence-corrected chi connectivity index (χ0v) is 16.8. The number of halogens is 2. The van der Waals surface area contributed by atoms with Gasteiger partial charge in [0.25, 0.3) is 0 Å². The molecule has 3 aromatic heterocycles. The molecule has 0 saturated heterocycles. The Morgan fingerprint density at radius 1 is 1.14 bits per heavy atom. The molecule has 2 N–H and O–H groups in total. The van der Waals surface area contributed by atoms with Gasteiger partial charge in [0.05, 0.1) is 22.9 Å².